The summed E-state index contributed by atoms with van der Waals surface area (Å²) in [4.78, 5) is 5.54. The van der Waals surface area contributed by atoms with Crippen molar-refractivity contribution < 1.29 is 0 Å². The number of benzene rings is 1. The standard InChI is InChI=1S/C12H10ClN3S/c1-7-11(9-3-5-10(13)6-4-9)14-12-16(7)15-8(2)17-12/h3-6H,1-2H3. The largest absolute Gasteiger partial charge is 0.217 e. The number of rotatable bonds is 1. The topological polar surface area (TPSA) is 30.2 Å². The first-order chi connectivity index (χ1) is 8.15. The van der Waals surface area contributed by atoms with E-state index in [4.69, 9.17) is 11.6 Å². The number of nitrogens with zero attached hydrogens (tertiary/aromatic N) is 3. The third kappa shape index (κ3) is 1.73. The summed E-state index contributed by atoms with van der Waals surface area (Å²) in [6, 6.07) is 7.72. The molecule has 0 bridgehead atoms. The van der Waals surface area contributed by atoms with Crippen molar-refractivity contribution in [1.29, 1.82) is 0 Å². The van der Waals surface area contributed by atoms with Crippen molar-refractivity contribution >= 4 is 27.9 Å². The SMILES string of the molecule is Cc1nn2c(C)c(-c3ccc(Cl)cc3)nc2s1. The lowest BCUT2D eigenvalue weighted by Gasteiger charge is -1.98. The van der Waals surface area contributed by atoms with Crippen molar-refractivity contribution in [2.24, 2.45) is 0 Å². The van der Waals surface area contributed by atoms with Crippen LogP contribution in [0.3, 0.4) is 0 Å². The third-order valence-electron chi connectivity index (χ3n) is 2.65. The smallest absolute Gasteiger partial charge is 0.212 e. The minimum absolute atomic E-state index is 0.737. The molecular weight excluding hydrogens is 254 g/mol. The first-order valence-corrected chi connectivity index (χ1v) is 6.43. The first kappa shape index (κ1) is 10.7. The molecule has 2 aromatic heterocycles. The van der Waals surface area contributed by atoms with E-state index >= 15 is 0 Å². The van der Waals surface area contributed by atoms with Crippen LogP contribution in [0.25, 0.3) is 16.2 Å². The van der Waals surface area contributed by atoms with Gasteiger partial charge in [0.05, 0.1) is 11.4 Å². The Morgan fingerprint density at radius 1 is 1.18 bits per heavy atom. The maximum atomic E-state index is 5.88. The predicted octanol–water partition coefficient (Wildman–Crippen LogP) is 3.73. The van der Waals surface area contributed by atoms with E-state index in [1.165, 1.54) is 0 Å². The zero-order valence-electron chi connectivity index (χ0n) is 9.44. The summed E-state index contributed by atoms with van der Waals surface area (Å²) < 4.78 is 1.89. The summed E-state index contributed by atoms with van der Waals surface area (Å²) >= 11 is 7.48. The molecule has 0 spiro atoms. The van der Waals surface area contributed by atoms with Crippen molar-refractivity contribution in [3.8, 4) is 11.3 Å². The van der Waals surface area contributed by atoms with Crippen LogP contribution in [0.2, 0.25) is 5.02 Å². The Bertz CT molecular complexity index is 682. The van der Waals surface area contributed by atoms with Crippen LogP contribution < -0.4 is 0 Å². The van der Waals surface area contributed by atoms with Gasteiger partial charge in [-0.1, -0.05) is 35.1 Å². The molecule has 3 nitrogen and oxygen atoms in total. The van der Waals surface area contributed by atoms with E-state index in [2.05, 4.69) is 10.1 Å². The van der Waals surface area contributed by atoms with Crippen molar-refractivity contribution in [2.75, 3.05) is 0 Å². The molecule has 0 saturated heterocycles. The lowest BCUT2D eigenvalue weighted by molar-refractivity contribution is 0.909. The molecule has 1 aromatic carbocycles. The van der Waals surface area contributed by atoms with E-state index in [1.807, 2.05) is 42.6 Å². The minimum Gasteiger partial charge on any atom is -0.217 e. The molecule has 0 aliphatic heterocycles. The van der Waals surface area contributed by atoms with E-state index < -0.39 is 0 Å². The molecule has 3 aromatic rings. The van der Waals surface area contributed by atoms with Crippen LogP contribution in [0.15, 0.2) is 24.3 Å². The number of aromatic nitrogens is 3. The molecule has 0 N–H and O–H groups in total. The van der Waals surface area contributed by atoms with Gasteiger partial charge >= 0.3 is 0 Å². The molecule has 0 unspecified atom stereocenters. The fraction of sp³-hybridized carbons (Fsp3) is 0.167. The van der Waals surface area contributed by atoms with Crippen LogP contribution in [0.5, 0.6) is 0 Å². The molecule has 2 heterocycles. The van der Waals surface area contributed by atoms with Crippen molar-refractivity contribution in [1.82, 2.24) is 14.6 Å². The maximum absolute atomic E-state index is 5.88. The molecule has 3 rings (SSSR count). The van der Waals surface area contributed by atoms with Crippen LogP contribution >= 0.6 is 22.9 Å². The van der Waals surface area contributed by atoms with Crippen LogP contribution in [-0.4, -0.2) is 14.6 Å². The fourth-order valence-corrected chi connectivity index (χ4v) is 2.74. The second kappa shape index (κ2) is 3.82. The van der Waals surface area contributed by atoms with Gasteiger partial charge in [0, 0.05) is 10.6 Å². The summed E-state index contributed by atoms with van der Waals surface area (Å²) in [5.74, 6) is 0. The molecule has 0 fully saturated rings. The van der Waals surface area contributed by atoms with E-state index in [9.17, 15) is 0 Å². The Balaban J connectivity index is 2.20. The zero-order valence-corrected chi connectivity index (χ0v) is 11.0. The monoisotopic (exact) mass is 263 g/mol. The van der Waals surface area contributed by atoms with Crippen LogP contribution in [0, 0.1) is 13.8 Å². The molecular formula is C12H10ClN3S. The van der Waals surface area contributed by atoms with Gasteiger partial charge in [-0.25, -0.2) is 9.50 Å². The van der Waals surface area contributed by atoms with Gasteiger partial charge in [0.2, 0.25) is 4.96 Å². The number of hydrogen-bond donors (Lipinski definition) is 0. The van der Waals surface area contributed by atoms with Gasteiger partial charge in [-0.2, -0.15) is 5.10 Å². The number of imidazole rings is 1. The Morgan fingerprint density at radius 2 is 1.88 bits per heavy atom. The lowest BCUT2D eigenvalue weighted by Crippen LogP contribution is -1.88. The second-order valence-corrected chi connectivity index (χ2v) is 5.46. The van der Waals surface area contributed by atoms with E-state index in [-0.39, 0.29) is 0 Å². The molecule has 5 heteroatoms. The number of hydrogen-bond acceptors (Lipinski definition) is 3. The lowest BCUT2D eigenvalue weighted by atomic mass is 10.1. The second-order valence-electron chi connectivity index (χ2n) is 3.87. The maximum Gasteiger partial charge on any atom is 0.212 e. The van der Waals surface area contributed by atoms with Crippen molar-refractivity contribution in [3.05, 3.63) is 40.0 Å². The van der Waals surface area contributed by atoms with Gasteiger partial charge in [-0.3, -0.25) is 0 Å². The Morgan fingerprint density at radius 3 is 2.53 bits per heavy atom. The predicted molar refractivity (Wildman–Crippen MR) is 70.8 cm³/mol. The van der Waals surface area contributed by atoms with E-state index in [1.54, 1.807) is 11.3 Å². The summed E-state index contributed by atoms with van der Waals surface area (Å²) in [6.45, 7) is 4.02. The summed E-state index contributed by atoms with van der Waals surface area (Å²) in [5.41, 5.74) is 3.11. The number of halogens is 1. The Hall–Kier alpha value is -1.39. The van der Waals surface area contributed by atoms with Gasteiger partial charge in [-0.15, -0.1) is 0 Å². The highest BCUT2D eigenvalue weighted by Crippen LogP contribution is 2.26. The summed E-state index contributed by atoms with van der Waals surface area (Å²) in [7, 11) is 0. The average molecular weight is 264 g/mol. The molecule has 0 atom stereocenters. The molecule has 86 valence electrons. The van der Waals surface area contributed by atoms with Gasteiger partial charge in [0.1, 0.15) is 5.01 Å². The molecule has 0 amide bonds. The van der Waals surface area contributed by atoms with Crippen LogP contribution in [-0.2, 0) is 0 Å². The molecule has 0 aliphatic rings. The molecule has 0 saturated carbocycles. The number of fused-ring (bicyclic) bond motifs is 1. The van der Waals surface area contributed by atoms with E-state index in [0.717, 1.165) is 31.9 Å². The van der Waals surface area contributed by atoms with Gasteiger partial charge in [-0.05, 0) is 26.0 Å². The van der Waals surface area contributed by atoms with Gasteiger partial charge in [0.25, 0.3) is 0 Å². The first-order valence-electron chi connectivity index (χ1n) is 5.24. The van der Waals surface area contributed by atoms with Crippen LogP contribution in [0.4, 0.5) is 0 Å². The van der Waals surface area contributed by atoms with E-state index in [0.29, 0.717) is 0 Å². The van der Waals surface area contributed by atoms with Gasteiger partial charge < -0.3 is 0 Å². The summed E-state index contributed by atoms with van der Waals surface area (Å²) in [5, 5.41) is 6.19. The number of aryl methyl sites for hydroxylation is 2. The van der Waals surface area contributed by atoms with Gasteiger partial charge in [0.15, 0.2) is 0 Å². The third-order valence-corrected chi connectivity index (χ3v) is 3.72. The normalized spacial score (nSPS) is 11.2. The molecule has 17 heavy (non-hydrogen) atoms. The van der Waals surface area contributed by atoms with Crippen molar-refractivity contribution in [2.45, 2.75) is 13.8 Å². The minimum atomic E-state index is 0.737. The highest BCUT2D eigenvalue weighted by atomic mass is 35.5. The zero-order chi connectivity index (χ0) is 12.0. The molecule has 0 aliphatic carbocycles. The average Bonchev–Trinajstić information content (AvgIpc) is 2.79. The van der Waals surface area contributed by atoms with Crippen LogP contribution in [0.1, 0.15) is 10.7 Å². The van der Waals surface area contributed by atoms with Crippen molar-refractivity contribution in [3.63, 3.8) is 0 Å². The quantitative estimate of drug-likeness (QED) is 0.670. The molecule has 0 radical (unpaired) electrons. The summed E-state index contributed by atoms with van der Waals surface area (Å²) in [6.07, 6.45) is 0. The highest BCUT2D eigenvalue weighted by Gasteiger charge is 2.13. The fourth-order valence-electron chi connectivity index (χ4n) is 1.83. The Labute approximate surface area is 108 Å². The highest BCUT2D eigenvalue weighted by molar-refractivity contribution is 7.16. The Kier molecular flexibility index (Phi) is 2.42.